The molecule has 0 aliphatic heterocycles. The van der Waals surface area contributed by atoms with Gasteiger partial charge in [0.05, 0.1) is 0 Å². The minimum absolute atomic E-state index is 0.203. The molecule has 2 N–H and O–H groups in total. The van der Waals surface area contributed by atoms with Gasteiger partial charge in [-0.05, 0) is 31.1 Å². The van der Waals surface area contributed by atoms with Crippen molar-refractivity contribution in [3.63, 3.8) is 0 Å². The van der Waals surface area contributed by atoms with Gasteiger partial charge in [0.15, 0.2) is 0 Å². The van der Waals surface area contributed by atoms with Gasteiger partial charge in [0.2, 0.25) is 0 Å². The summed E-state index contributed by atoms with van der Waals surface area (Å²) in [5.41, 5.74) is 6.95. The van der Waals surface area contributed by atoms with E-state index in [0.29, 0.717) is 0 Å². The van der Waals surface area contributed by atoms with Crippen molar-refractivity contribution < 1.29 is 0 Å². The van der Waals surface area contributed by atoms with Gasteiger partial charge in [-0.1, -0.05) is 58.3 Å². The van der Waals surface area contributed by atoms with Crippen molar-refractivity contribution in [3.8, 4) is 0 Å². The average molecular weight is 223 g/mol. The van der Waals surface area contributed by atoms with Crippen LogP contribution in [0.15, 0.2) is 0 Å². The first-order valence-electron chi connectivity index (χ1n) is 7.55. The van der Waals surface area contributed by atoms with Gasteiger partial charge in [0.25, 0.3) is 0 Å². The van der Waals surface area contributed by atoms with Crippen LogP contribution in [0.1, 0.15) is 77.6 Å². The van der Waals surface area contributed by atoms with Gasteiger partial charge in [0, 0.05) is 5.54 Å². The van der Waals surface area contributed by atoms with E-state index >= 15 is 0 Å². The van der Waals surface area contributed by atoms with E-state index in [2.05, 4.69) is 6.92 Å². The van der Waals surface area contributed by atoms with Crippen molar-refractivity contribution in [2.45, 2.75) is 83.1 Å². The maximum absolute atomic E-state index is 6.74. The third kappa shape index (κ3) is 2.61. The molecule has 0 aromatic heterocycles. The zero-order chi connectivity index (χ0) is 11.4. The molecular formula is C15H29N. The zero-order valence-corrected chi connectivity index (χ0v) is 11.0. The number of rotatable bonds is 3. The Morgan fingerprint density at radius 1 is 1.00 bits per heavy atom. The molecule has 2 unspecified atom stereocenters. The van der Waals surface area contributed by atoms with Crippen LogP contribution in [-0.2, 0) is 0 Å². The van der Waals surface area contributed by atoms with Crippen LogP contribution in [0.4, 0.5) is 0 Å². The molecule has 0 heterocycles. The molecule has 16 heavy (non-hydrogen) atoms. The quantitative estimate of drug-likeness (QED) is 0.760. The summed E-state index contributed by atoms with van der Waals surface area (Å²) < 4.78 is 0. The SMILES string of the molecule is CCCC1(N)CCCCC1C1CCCCC1. The first-order valence-corrected chi connectivity index (χ1v) is 7.55. The normalized spacial score (nSPS) is 37.5. The molecule has 0 spiro atoms. The first kappa shape index (κ1) is 12.4. The van der Waals surface area contributed by atoms with Crippen LogP contribution in [0, 0.1) is 11.8 Å². The van der Waals surface area contributed by atoms with Crippen LogP contribution in [0.2, 0.25) is 0 Å². The van der Waals surface area contributed by atoms with Crippen LogP contribution in [0.5, 0.6) is 0 Å². The molecule has 2 rings (SSSR count). The lowest BCUT2D eigenvalue weighted by atomic mass is 9.63. The Balaban J connectivity index is 2.02. The molecule has 2 saturated carbocycles. The van der Waals surface area contributed by atoms with Gasteiger partial charge >= 0.3 is 0 Å². The molecule has 2 aliphatic carbocycles. The van der Waals surface area contributed by atoms with Crippen molar-refractivity contribution in [2.75, 3.05) is 0 Å². The molecule has 0 amide bonds. The molecule has 2 atom stereocenters. The Morgan fingerprint density at radius 2 is 1.69 bits per heavy atom. The van der Waals surface area contributed by atoms with Crippen molar-refractivity contribution in [1.29, 1.82) is 0 Å². The second kappa shape index (κ2) is 5.53. The molecule has 0 bridgehead atoms. The molecule has 2 aliphatic rings. The molecule has 0 radical (unpaired) electrons. The third-order valence-electron chi connectivity index (χ3n) is 5.08. The van der Waals surface area contributed by atoms with Crippen molar-refractivity contribution in [2.24, 2.45) is 17.6 Å². The Hall–Kier alpha value is -0.0400. The summed E-state index contributed by atoms with van der Waals surface area (Å²) in [5, 5.41) is 0. The highest BCUT2D eigenvalue weighted by atomic mass is 14.8. The third-order valence-corrected chi connectivity index (χ3v) is 5.08. The highest BCUT2D eigenvalue weighted by molar-refractivity contribution is 4.97. The van der Waals surface area contributed by atoms with E-state index < -0.39 is 0 Å². The molecule has 0 aromatic rings. The highest BCUT2D eigenvalue weighted by Crippen LogP contribution is 2.44. The zero-order valence-electron chi connectivity index (χ0n) is 11.0. The Labute approximate surface area is 101 Å². The summed E-state index contributed by atoms with van der Waals surface area (Å²) in [6.45, 7) is 2.29. The van der Waals surface area contributed by atoms with Crippen LogP contribution < -0.4 is 5.73 Å². The number of hydrogen-bond acceptors (Lipinski definition) is 1. The van der Waals surface area contributed by atoms with Crippen molar-refractivity contribution in [3.05, 3.63) is 0 Å². The molecule has 0 saturated heterocycles. The van der Waals surface area contributed by atoms with E-state index in [1.807, 2.05) is 0 Å². The Kier molecular flexibility index (Phi) is 4.29. The van der Waals surface area contributed by atoms with Crippen LogP contribution in [-0.4, -0.2) is 5.54 Å². The fourth-order valence-electron chi connectivity index (χ4n) is 4.31. The van der Waals surface area contributed by atoms with E-state index in [9.17, 15) is 0 Å². The minimum Gasteiger partial charge on any atom is -0.325 e. The fourth-order valence-corrected chi connectivity index (χ4v) is 4.31. The number of hydrogen-bond donors (Lipinski definition) is 1. The Morgan fingerprint density at radius 3 is 2.38 bits per heavy atom. The lowest BCUT2D eigenvalue weighted by molar-refractivity contribution is 0.0924. The first-order chi connectivity index (χ1) is 7.76. The van der Waals surface area contributed by atoms with Crippen LogP contribution >= 0.6 is 0 Å². The lowest BCUT2D eigenvalue weighted by Gasteiger charge is -2.46. The van der Waals surface area contributed by atoms with E-state index in [-0.39, 0.29) is 5.54 Å². The van der Waals surface area contributed by atoms with Gasteiger partial charge < -0.3 is 5.73 Å². The van der Waals surface area contributed by atoms with Gasteiger partial charge in [-0.3, -0.25) is 0 Å². The van der Waals surface area contributed by atoms with Crippen molar-refractivity contribution in [1.82, 2.24) is 0 Å². The molecule has 1 nitrogen and oxygen atoms in total. The predicted molar refractivity (Wildman–Crippen MR) is 70.4 cm³/mol. The predicted octanol–water partition coefficient (Wildman–Crippen LogP) is 4.25. The Bertz CT molecular complexity index is 203. The van der Waals surface area contributed by atoms with Gasteiger partial charge in [-0.15, -0.1) is 0 Å². The molecule has 2 fully saturated rings. The van der Waals surface area contributed by atoms with Gasteiger partial charge in [0.1, 0.15) is 0 Å². The summed E-state index contributed by atoms with van der Waals surface area (Å²) in [5.74, 6) is 1.81. The topological polar surface area (TPSA) is 26.0 Å². The average Bonchev–Trinajstić information content (AvgIpc) is 2.31. The van der Waals surface area contributed by atoms with E-state index in [4.69, 9.17) is 5.73 Å². The highest BCUT2D eigenvalue weighted by Gasteiger charge is 2.40. The number of nitrogens with two attached hydrogens (primary N) is 1. The largest absolute Gasteiger partial charge is 0.325 e. The lowest BCUT2D eigenvalue weighted by Crippen LogP contribution is -2.52. The van der Waals surface area contributed by atoms with Crippen LogP contribution in [0.25, 0.3) is 0 Å². The molecule has 1 heteroatoms. The standard InChI is InChI=1S/C15H29N/c1-2-11-15(16)12-7-6-10-14(15)13-8-4-3-5-9-13/h13-14H,2-12,16H2,1H3. The smallest absolute Gasteiger partial charge is 0.0185 e. The van der Waals surface area contributed by atoms with Gasteiger partial charge in [-0.25, -0.2) is 0 Å². The monoisotopic (exact) mass is 223 g/mol. The van der Waals surface area contributed by atoms with Crippen LogP contribution in [0.3, 0.4) is 0 Å². The fraction of sp³-hybridized carbons (Fsp3) is 1.00. The molecular weight excluding hydrogens is 194 g/mol. The van der Waals surface area contributed by atoms with Gasteiger partial charge in [-0.2, -0.15) is 0 Å². The second-order valence-corrected chi connectivity index (χ2v) is 6.23. The van der Waals surface area contributed by atoms with Crippen molar-refractivity contribution >= 4 is 0 Å². The summed E-state index contributed by atoms with van der Waals surface area (Å²) >= 11 is 0. The molecule has 94 valence electrons. The summed E-state index contributed by atoms with van der Waals surface area (Å²) in [6.07, 6.45) is 15.4. The minimum atomic E-state index is 0.203. The summed E-state index contributed by atoms with van der Waals surface area (Å²) in [4.78, 5) is 0. The summed E-state index contributed by atoms with van der Waals surface area (Å²) in [6, 6.07) is 0. The maximum atomic E-state index is 6.74. The second-order valence-electron chi connectivity index (χ2n) is 6.23. The maximum Gasteiger partial charge on any atom is 0.0185 e. The molecule has 0 aromatic carbocycles. The van der Waals surface area contributed by atoms with E-state index in [0.717, 1.165) is 11.8 Å². The van der Waals surface area contributed by atoms with E-state index in [1.54, 1.807) is 0 Å². The summed E-state index contributed by atoms with van der Waals surface area (Å²) in [7, 11) is 0. The van der Waals surface area contributed by atoms with E-state index in [1.165, 1.54) is 70.6 Å².